The summed E-state index contributed by atoms with van der Waals surface area (Å²) in [4.78, 5) is 26.8. The van der Waals surface area contributed by atoms with E-state index in [2.05, 4.69) is 15.6 Å². The van der Waals surface area contributed by atoms with Gasteiger partial charge < -0.3 is 15.6 Å². The number of aromatic nitrogens is 1. The zero-order valence-electron chi connectivity index (χ0n) is 12.0. The van der Waals surface area contributed by atoms with Crippen LogP contribution in [-0.4, -0.2) is 23.8 Å². The Hall–Kier alpha value is -3.08. The van der Waals surface area contributed by atoms with Crippen molar-refractivity contribution in [3.63, 3.8) is 0 Å². The molecule has 5 nitrogen and oxygen atoms in total. The van der Waals surface area contributed by atoms with Crippen LogP contribution in [0, 0.1) is 0 Å². The van der Waals surface area contributed by atoms with Crippen LogP contribution in [0.3, 0.4) is 0 Å². The van der Waals surface area contributed by atoms with E-state index in [-0.39, 0.29) is 11.8 Å². The summed E-state index contributed by atoms with van der Waals surface area (Å²) in [5, 5.41) is 6.34. The lowest BCUT2D eigenvalue weighted by Crippen LogP contribution is -2.18. The molecule has 0 saturated carbocycles. The average molecular weight is 293 g/mol. The second-order valence-corrected chi connectivity index (χ2v) is 4.88. The first-order chi connectivity index (χ1) is 10.7. The Morgan fingerprint density at radius 2 is 1.68 bits per heavy atom. The molecular weight excluding hydrogens is 278 g/mol. The molecule has 0 saturated heterocycles. The smallest absolute Gasteiger partial charge is 0.272 e. The molecule has 0 aliphatic rings. The molecule has 1 heterocycles. The second-order valence-electron chi connectivity index (χ2n) is 4.88. The standard InChI is InChI=1S/C17H15N3O2/c1-18-16(21)11-6-8-13(9-7-11)19-17(22)15-10-12-4-2-3-5-14(12)20-15/h2-10,20H,1H3,(H,18,21)(H,19,22). The number of rotatable bonds is 3. The summed E-state index contributed by atoms with van der Waals surface area (Å²) < 4.78 is 0. The van der Waals surface area contributed by atoms with E-state index in [0.29, 0.717) is 16.9 Å². The number of hydrogen-bond donors (Lipinski definition) is 3. The maximum atomic E-state index is 12.2. The fourth-order valence-electron chi connectivity index (χ4n) is 2.24. The van der Waals surface area contributed by atoms with Crippen molar-refractivity contribution in [3.8, 4) is 0 Å². The Morgan fingerprint density at radius 1 is 0.955 bits per heavy atom. The summed E-state index contributed by atoms with van der Waals surface area (Å²) >= 11 is 0. The molecular formula is C17H15N3O2. The van der Waals surface area contributed by atoms with Gasteiger partial charge in [0.2, 0.25) is 0 Å². The molecule has 2 amide bonds. The normalized spacial score (nSPS) is 10.4. The largest absolute Gasteiger partial charge is 0.355 e. The van der Waals surface area contributed by atoms with Gasteiger partial charge in [0.1, 0.15) is 5.69 Å². The van der Waals surface area contributed by atoms with E-state index in [1.54, 1.807) is 31.3 Å². The molecule has 3 aromatic rings. The van der Waals surface area contributed by atoms with Crippen LogP contribution in [0.15, 0.2) is 54.6 Å². The maximum Gasteiger partial charge on any atom is 0.272 e. The maximum absolute atomic E-state index is 12.2. The number of H-pyrrole nitrogens is 1. The van der Waals surface area contributed by atoms with Crippen molar-refractivity contribution in [3.05, 3.63) is 65.9 Å². The van der Waals surface area contributed by atoms with Crippen LogP contribution in [0.1, 0.15) is 20.8 Å². The Labute approximate surface area is 127 Å². The minimum atomic E-state index is -0.219. The van der Waals surface area contributed by atoms with Gasteiger partial charge in [-0.2, -0.15) is 0 Å². The number of hydrogen-bond acceptors (Lipinski definition) is 2. The van der Waals surface area contributed by atoms with E-state index in [4.69, 9.17) is 0 Å². The fraction of sp³-hybridized carbons (Fsp3) is 0.0588. The van der Waals surface area contributed by atoms with Gasteiger partial charge in [-0.3, -0.25) is 9.59 Å². The van der Waals surface area contributed by atoms with Crippen LogP contribution in [-0.2, 0) is 0 Å². The monoisotopic (exact) mass is 293 g/mol. The Balaban J connectivity index is 1.77. The Bertz CT molecular complexity index is 801. The number of aromatic amines is 1. The van der Waals surface area contributed by atoms with Crippen molar-refractivity contribution >= 4 is 28.4 Å². The van der Waals surface area contributed by atoms with Crippen molar-refractivity contribution in [2.24, 2.45) is 0 Å². The number of nitrogens with one attached hydrogen (secondary N) is 3. The van der Waals surface area contributed by atoms with E-state index in [0.717, 1.165) is 10.9 Å². The average Bonchev–Trinajstić information content (AvgIpc) is 2.99. The third kappa shape index (κ3) is 2.69. The van der Waals surface area contributed by atoms with Crippen molar-refractivity contribution in [1.82, 2.24) is 10.3 Å². The first-order valence-corrected chi connectivity index (χ1v) is 6.88. The van der Waals surface area contributed by atoms with Crippen LogP contribution in [0.5, 0.6) is 0 Å². The lowest BCUT2D eigenvalue weighted by molar-refractivity contribution is 0.0962. The molecule has 0 aliphatic carbocycles. The predicted molar refractivity (Wildman–Crippen MR) is 86.1 cm³/mol. The zero-order valence-corrected chi connectivity index (χ0v) is 12.0. The summed E-state index contributed by atoms with van der Waals surface area (Å²) in [5.41, 5.74) is 2.60. The van der Waals surface area contributed by atoms with Gasteiger partial charge in [0.15, 0.2) is 0 Å². The summed E-state index contributed by atoms with van der Waals surface area (Å²) in [5.74, 6) is -0.377. The fourth-order valence-corrected chi connectivity index (χ4v) is 2.24. The van der Waals surface area contributed by atoms with E-state index in [9.17, 15) is 9.59 Å². The van der Waals surface area contributed by atoms with Crippen LogP contribution in [0.25, 0.3) is 10.9 Å². The van der Waals surface area contributed by atoms with Crippen LogP contribution < -0.4 is 10.6 Å². The Kier molecular flexibility index (Phi) is 3.62. The minimum Gasteiger partial charge on any atom is -0.355 e. The molecule has 0 bridgehead atoms. The number of fused-ring (bicyclic) bond motifs is 1. The van der Waals surface area contributed by atoms with E-state index < -0.39 is 0 Å². The van der Waals surface area contributed by atoms with Gasteiger partial charge in [-0.25, -0.2) is 0 Å². The second kappa shape index (κ2) is 5.73. The van der Waals surface area contributed by atoms with Gasteiger partial charge >= 0.3 is 0 Å². The number of amides is 2. The number of carbonyl (C=O) groups excluding carboxylic acids is 2. The SMILES string of the molecule is CNC(=O)c1ccc(NC(=O)c2cc3ccccc3[nH]2)cc1. The Morgan fingerprint density at radius 3 is 2.36 bits per heavy atom. The van der Waals surface area contributed by atoms with Crippen molar-refractivity contribution in [2.45, 2.75) is 0 Å². The van der Waals surface area contributed by atoms with E-state index in [1.807, 2.05) is 30.3 Å². The van der Waals surface area contributed by atoms with Gasteiger partial charge in [-0.15, -0.1) is 0 Å². The van der Waals surface area contributed by atoms with Crippen LogP contribution in [0.2, 0.25) is 0 Å². The topological polar surface area (TPSA) is 74.0 Å². The van der Waals surface area contributed by atoms with Crippen LogP contribution in [0.4, 0.5) is 5.69 Å². The first kappa shape index (κ1) is 13.9. The molecule has 3 rings (SSSR count). The highest BCUT2D eigenvalue weighted by Gasteiger charge is 2.10. The molecule has 0 radical (unpaired) electrons. The molecule has 0 fully saturated rings. The third-order valence-corrected chi connectivity index (χ3v) is 3.41. The molecule has 0 unspecified atom stereocenters. The van der Waals surface area contributed by atoms with Gasteiger partial charge in [0.05, 0.1) is 0 Å². The van der Waals surface area contributed by atoms with E-state index >= 15 is 0 Å². The highest BCUT2D eigenvalue weighted by atomic mass is 16.2. The summed E-state index contributed by atoms with van der Waals surface area (Å²) in [7, 11) is 1.58. The predicted octanol–water partition coefficient (Wildman–Crippen LogP) is 2.78. The van der Waals surface area contributed by atoms with E-state index in [1.165, 1.54) is 0 Å². The lowest BCUT2D eigenvalue weighted by Gasteiger charge is -2.05. The zero-order chi connectivity index (χ0) is 15.5. The van der Waals surface area contributed by atoms with Gasteiger partial charge in [0, 0.05) is 29.2 Å². The first-order valence-electron chi connectivity index (χ1n) is 6.88. The molecule has 22 heavy (non-hydrogen) atoms. The van der Waals surface area contributed by atoms with Gasteiger partial charge in [-0.05, 0) is 36.4 Å². The number of para-hydroxylation sites is 1. The number of benzene rings is 2. The van der Waals surface area contributed by atoms with Crippen molar-refractivity contribution in [2.75, 3.05) is 12.4 Å². The molecule has 1 aromatic heterocycles. The van der Waals surface area contributed by atoms with Crippen LogP contribution >= 0.6 is 0 Å². The summed E-state index contributed by atoms with van der Waals surface area (Å²) in [6, 6.07) is 16.2. The molecule has 5 heteroatoms. The van der Waals surface area contributed by atoms with Crippen molar-refractivity contribution < 1.29 is 9.59 Å². The molecule has 2 aromatic carbocycles. The quantitative estimate of drug-likeness (QED) is 0.694. The molecule has 0 spiro atoms. The minimum absolute atomic E-state index is 0.159. The molecule has 110 valence electrons. The summed E-state index contributed by atoms with van der Waals surface area (Å²) in [6.07, 6.45) is 0. The molecule has 3 N–H and O–H groups in total. The lowest BCUT2D eigenvalue weighted by atomic mass is 10.2. The highest BCUT2D eigenvalue weighted by Crippen LogP contribution is 2.16. The van der Waals surface area contributed by atoms with Crippen molar-refractivity contribution in [1.29, 1.82) is 0 Å². The molecule has 0 aliphatic heterocycles. The molecule has 0 atom stereocenters. The number of anilines is 1. The third-order valence-electron chi connectivity index (χ3n) is 3.41. The number of carbonyl (C=O) groups is 2. The highest BCUT2D eigenvalue weighted by molar-refractivity contribution is 6.06. The summed E-state index contributed by atoms with van der Waals surface area (Å²) in [6.45, 7) is 0. The van der Waals surface area contributed by atoms with Gasteiger partial charge in [-0.1, -0.05) is 18.2 Å². The van der Waals surface area contributed by atoms with Gasteiger partial charge in [0.25, 0.3) is 11.8 Å².